The van der Waals surface area contributed by atoms with E-state index in [4.69, 9.17) is 0 Å². The Morgan fingerprint density at radius 3 is 2.94 bits per heavy atom. The molecule has 1 aromatic heterocycles. The molecule has 2 unspecified atom stereocenters. The van der Waals surface area contributed by atoms with E-state index in [-0.39, 0.29) is 11.5 Å². The molecule has 0 bridgehead atoms. The van der Waals surface area contributed by atoms with Crippen LogP contribution in [0.5, 0.6) is 0 Å². The second kappa shape index (κ2) is 4.64. The Labute approximate surface area is 94.9 Å². The largest absolute Gasteiger partial charge is 0.329 e. The molecular weight excluding hydrogens is 202 g/mol. The normalized spacial score (nSPS) is 25.3. The molecule has 16 heavy (non-hydrogen) atoms. The fourth-order valence-electron chi connectivity index (χ4n) is 2.51. The zero-order valence-corrected chi connectivity index (χ0v) is 9.53. The van der Waals surface area contributed by atoms with Crippen LogP contribution in [0.15, 0.2) is 17.1 Å². The molecule has 1 aromatic rings. The molecule has 0 amide bonds. The number of aromatic amines is 1. The highest BCUT2D eigenvalue weighted by Gasteiger charge is 2.23. The van der Waals surface area contributed by atoms with Crippen molar-refractivity contribution in [2.75, 3.05) is 0 Å². The van der Waals surface area contributed by atoms with E-state index in [0.29, 0.717) is 5.92 Å². The Morgan fingerprint density at radius 1 is 1.44 bits per heavy atom. The van der Waals surface area contributed by atoms with Crippen LogP contribution in [-0.2, 0) is 4.79 Å². The van der Waals surface area contributed by atoms with Gasteiger partial charge in [-0.1, -0.05) is 6.42 Å². The lowest BCUT2D eigenvalue weighted by molar-refractivity contribution is -0.112. The number of aromatic nitrogens is 1. The Balaban J connectivity index is 2.20. The van der Waals surface area contributed by atoms with Crippen LogP contribution in [0.2, 0.25) is 0 Å². The molecule has 1 aliphatic carbocycles. The van der Waals surface area contributed by atoms with Crippen molar-refractivity contribution in [1.29, 1.82) is 0 Å². The number of aldehydes is 1. The van der Waals surface area contributed by atoms with Gasteiger partial charge in [-0.3, -0.25) is 4.79 Å². The van der Waals surface area contributed by atoms with Gasteiger partial charge in [0.1, 0.15) is 6.29 Å². The van der Waals surface area contributed by atoms with Crippen LogP contribution in [0.1, 0.15) is 42.7 Å². The van der Waals surface area contributed by atoms with E-state index in [9.17, 15) is 9.59 Å². The minimum absolute atomic E-state index is 0.0218. The number of pyridine rings is 1. The van der Waals surface area contributed by atoms with Crippen LogP contribution in [0.25, 0.3) is 0 Å². The van der Waals surface area contributed by atoms with Gasteiger partial charge in [-0.2, -0.15) is 0 Å². The van der Waals surface area contributed by atoms with Crippen LogP contribution in [-0.4, -0.2) is 11.3 Å². The molecule has 1 aliphatic rings. The summed E-state index contributed by atoms with van der Waals surface area (Å²) < 4.78 is 0. The minimum atomic E-state index is -0.0218. The number of carbonyl (C=O) groups is 1. The van der Waals surface area contributed by atoms with E-state index < -0.39 is 0 Å². The maximum atomic E-state index is 11.3. The van der Waals surface area contributed by atoms with Gasteiger partial charge in [0.2, 0.25) is 0 Å². The molecule has 0 aliphatic heterocycles. The van der Waals surface area contributed by atoms with E-state index in [1.165, 1.54) is 5.56 Å². The molecule has 3 heteroatoms. The topological polar surface area (TPSA) is 49.9 Å². The molecular formula is C13H17NO2. The van der Waals surface area contributed by atoms with Gasteiger partial charge in [-0.15, -0.1) is 0 Å². The second-order valence-electron chi connectivity index (χ2n) is 4.70. The smallest absolute Gasteiger partial charge is 0.250 e. The number of hydrogen-bond acceptors (Lipinski definition) is 2. The van der Waals surface area contributed by atoms with E-state index in [0.717, 1.165) is 37.5 Å². The van der Waals surface area contributed by atoms with E-state index in [2.05, 4.69) is 4.98 Å². The molecule has 3 nitrogen and oxygen atoms in total. The highest BCUT2D eigenvalue weighted by molar-refractivity contribution is 5.54. The third-order valence-corrected chi connectivity index (χ3v) is 3.49. The predicted molar refractivity (Wildman–Crippen MR) is 62.6 cm³/mol. The molecule has 1 fully saturated rings. The summed E-state index contributed by atoms with van der Waals surface area (Å²) in [6.07, 6.45) is 7.04. The first-order valence-corrected chi connectivity index (χ1v) is 5.85. The van der Waals surface area contributed by atoms with Crippen molar-refractivity contribution in [3.05, 3.63) is 33.7 Å². The first-order chi connectivity index (χ1) is 7.70. The lowest BCUT2D eigenvalue weighted by atomic mass is 9.79. The monoisotopic (exact) mass is 219 g/mol. The lowest BCUT2D eigenvalue weighted by Crippen LogP contribution is -2.17. The Kier molecular flexibility index (Phi) is 3.22. The minimum Gasteiger partial charge on any atom is -0.329 e. The molecule has 2 atom stereocenters. The summed E-state index contributed by atoms with van der Waals surface area (Å²) in [7, 11) is 0. The van der Waals surface area contributed by atoms with E-state index in [1.807, 2.05) is 13.0 Å². The van der Waals surface area contributed by atoms with Crippen molar-refractivity contribution in [2.24, 2.45) is 5.92 Å². The second-order valence-corrected chi connectivity index (χ2v) is 4.70. The summed E-state index contributed by atoms with van der Waals surface area (Å²) in [4.78, 5) is 24.8. The number of H-pyrrole nitrogens is 1. The molecule has 1 saturated carbocycles. The predicted octanol–water partition coefficient (Wildman–Crippen LogP) is 2.16. The maximum absolute atomic E-state index is 11.3. The maximum Gasteiger partial charge on any atom is 0.250 e. The van der Waals surface area contributed by atoms with Crippen LogP contribution < -0.4 is 5.56 Å². The average Bonchev–Trinajstić information content (AvgIpc) is 2.33. The van der Waals surface area contributed by atoms with Gasteiger partial charge in [0.25, 0.3) is 5.56 Å². The molecule has 0 radical (unpaired) electrons. The molecule has 1 heterocycles. The van der Waals surface area contributed by atoms with Crippen molar-refractivity contribution < 1.29 is 4.79 Å². The summed E-state index contributed by atoms with van der Waals surface area (Å²) in [5.74, 6) is 0.630. The quantitative estimate of drug-likeness (QED) is 0.775. The molecule has 86 valence electrons. The third kappa shape index (κ3) is 2.23. The number of nitrogens with one attached hydrogen (secondary N) is 1. The van der Waals surface area contributed by atoms with Gasteiger partial charge in [-0.05, 0) is 43.7 Å². The molecule has 0 spiro atoms. The van der Waals surface area contributed by atoms with Gasteiger partial charge >= 0.3 is 0 Å². The SMILES string of the molecule is Cc1cc(C2CCCC(C=O)C2)c[nH]c1=O. The van der Waals surface area contributed by atoms with Crippen molar-refractivity contribution in [3.63, 3.8) is 0 Å². The van der Waals surface area contributed by atoms with Crippen LogP contribution in [0, 0.1) is 12.8 Å². The highest BCUT2D eigenvalue weighted by atomic mass is 16.1. The Hall–Kier alpha value is -1.38. The molecule has 1 N–H and O–H groups in total. The fourth-order valence-corrected chi connectivity index (χ4v) is 2.51. The van der Waals surface area contributed by atoms with Gasteiger partial charge in [0.15, 0.2) is 0 Å². The van der Waals surface area contributed by atoms with Crippen molar-refractivity contribution >= 4 is 6.29 Å². The fraction of sp³-hybridized carbons (Fsp3) is 0.538. The van der Waals surface area contributed by atoms with Crippen LogP contribution >= 0.6 is 0 Å². The average molecular weight is 219 g/mol. The Morgan fingerprint density at radius 2 is 2.25 bits per heavy atom. The molecule has 0 aromatic carbocycles. The first-order valence-electron chi connectivity index (χ1n) is 5.85. The summed E-state index contributed by atoms with van der Waals surface area (Å²) in [6.45, 7) is 1.82. The highest BCUT2D eigenvalue weighted by Crippen LogP contribution is 2.34. The number of rotatable bonds is 2. The van der Waals surface area contributed by atoms with Crippen molar-refractivity contribution in [1.82, 2.24) is 4.98 Å². The summed E-state index contributed by atoms with van der Waals surface area (Å²) in [5.41, 5.74) is 1.90. The van der Waals surface area contributed by atoms with Crippen LogP contribution in [0.3, 0.4) is 0 Å². The Bertz CT molecular complexity index is 436. The lowest BCUT2D eigenvalue weighted by Gasteiger charge is -2.26. The van der Waals surface area contributed by atoms with Gasteiger partial charge in [-0.25, -0.2) is 0 Å². The summed E-state index contributed by atoms with van der Waals surface area (Å²) >= 11 is 0. The van der Waals surface area contributed by atoms with Crippen molar-refractivity contribution in [2.45, 2.75) is 38.5 Å². The van der Waals surface area contributed by atoms with Crippen LogP contribution in [0.4, 0.5) is 0 Å². The standard InChI is InChI=1S/C13H17NO2/c1-9-5-12(7-14-13(9)16)11-4-2-3-10(6-11)8-15/h5,7-8,10-11H,2-4,6H2,1H3,(H,14,16). The zero-order valence-electron chi connectivity index (χ0n) is 9.53. The first kappa shape index (κ1) is 11.1. The molecule has 0 saturated heterocycles. The summed E-state index contributed by atoms with van der Waals surface area (Å²) in [5, 5.41) is 0. The van der Waals surface area contributed by atoms with Gasteiger partial charge < -0.3 is 9.78 Å². The molecule has 2 rings (SSSR count). The number of carbonyl (C=O) groups excluding carboxylic acids is 1. The zero-order chi connectivity index (χ0) is 11.5. The van der Waals surface area contributed by atoms with E-state index >= 15 is 0 Å². The third-order valence-electron chi connectivity index (χ3n) is 3.49. The number of aryl methyl sites for hydroxylation is 1. The van der Waals surface area contributed by atoms with E-state index in [1.54, 1.807) is 6.20 Å². The van der Waals surface area contributed by atoms with Gasteiger partial charge in [0.05, 0.1) is 0 Å². The number of hydrogen-bond donors (Lipinski definition) is 1. The van der Waals surface area contributed by atoms with Gasteiger partial charge in [0, 0.05) is 17.7 Å². The summed E-state index contributed by atoms with van der Waals surface area (Å²) in [6, 6.07) is 1.96. The van der Waals surface area contributed by atoms with Crippen molar-refractivity contribution in [3.8, 4) is 0 Å².